The molecule has 0 bridgehead atoms. The fraction of sp³-hybridized carbons (Fsp3) is 0.500. The van der Waals surface area contributed by atoms with E-state index in [1.54, 1.807) is 5.57 Å². The van der Waals surface area contributed by atoms with Gasteiger partial charge >= 0.3 is 0 Å². The summed E-state index contributed by atoms with van der Waals surface area (Å²) in [5.74, 6) is 0. The van der Waals surface area contributed by atoms with Crippen LogP contribution in [-0.4, -0.2) is 6.04 Å². The molecule has 1 heteroatoms. The van der Waals surface area contributed by atoms with Gasteiger partial charge in [-0.1, -0.05) is 30.3 Å². The highest BCUT2D eigenvalue weighted by molar-refractivity contribution is 5.70. The van der Waals surface area contributed by atoms with Crippen LogP contribution in [0.15, 0.2) is 30.3 Å². The van der Waals surface area contributed by atoms with Crippen LogP contribution >= 0.6 is 0 Å². The highest BCUT2D eigenvalue weighted by Gasteiger charge is 2.24. The van der Waals surface area contributed by atoms with E-state index in [1.165, 1.54) is 43.2 Å². The molecule has 1 nitrogen and oxygen atoms in total. The summed E-state index contributed by atoms with van der Waals surface area (Å²) in [6.45, 7) is 2.30. The Bertz CT molecular complexity index is 429. The van der Waals surface area contributed by atoms with E-state index in [4.69, 9.17) is 0 Å². The van der Waals surface area contributed by atoms with Crippen LogP contribution in [0.2, 0.25) is 0 Å². The van der Waals surface area contributed by atoms with E-state index >= 15 is 0 Å². The Morgan fingerprint density at radius 1 is 1.24 bits per heavy atom. The maximum absolute atomic E-state index is 3.71. The minimum atomic E-state index is 0.486. The second-order valence-corrected chi connectivity index (χ2v) is 5.37. The van der Waals surface area contributed by atoms with Crippen LogP contribution in [0, 0.1) is 0 Å². The van der Waals surface area contributed by atoms with Gasteiger partial charge in [-0.25, -0.2) is 0 Å². The predicted molar refractivity (Wildman–Crippen MR) is 72.8 cm³/mol. The van der Waals surface area contributed by atoms with E-state index in [9.17, 15) is 0 Å². The molecule has 0 heterocycles. The van der Waals surface area contributed by atoms with Gasteiger partial charge in [-0.05, 0) is 55.7 Å². The molecule has 0 spiro atoms. The predicted octanol–water partition coefficient (Wildman–Crippen LogP) is 4.07. The standard InChI is InChI=1S/C16H21N/c1-12(17-14-10-11-14)15-8-4-5-9-16(15)13-6-2-3-7-13/h4-6,8-9,12,14,17H,2-3,7,10-11H2,1H3. The van der Waals surface area contributed by atoms with Gasteiger partial charge < -0.3 is 5.32 Å². The van der Waals surface area contributed by atoms with Crippen molar-refractivity contribution in [3.63, 3.8) is 0 Å². The van der Waals surface area contributed by atoms with E-state index in [0.29, 0.717) is 6.04 Å². The first-order valence-electron chi connectivity index (χ1n) is 6.89. The lowest BCUT2D eigenvalue weighted by Crippen LogP contribution is -2.21. The zero-order chi connectivity index (χ0) is 11.7. The lowest BCUT2D eigenvalue weighted by Gasteiger charge is -2.18. The van der Waals surface area contributed by atoms with Crippen molar-refractivity contribution in [2.75, 3.05) is 0 Å². The third kappa shape index (κ3) is 2.44. The minimum absolute atomic E-state index is 0.486. The Morgan fingerprint density at radius 2 is 2.06 bits per heavy atom. The molecule has 0 radical (unpaired) electrons. The zero-order valence-electron chi connectivity index (χ0n) is 10.6. The minimum Gasteiger partial charge on any atom is -0.307 e. The van der Waals surface area contributed by atoms with Crippen LogP contribution in [0.25, 0.3) is 5.57 Å². The molecule has 1 unspecified atom stereocenters. The first-order valence-corrected chi connectivity index (χ1v) is 6.89. The largest absolute Gasteiger partial charge is 0.307 e. The number of allylic oxidation sites excluding steroid dienone is 2. The number of benzene rings is 1. The zero-order valence-corrected chi connectivity index (χ0v) is 10.6. The van der Waals surface area contributed by atoms with E-state index in [-0.39, 0.29) is 0 Å². The van der Waals surface area contributed by atoms with Crippen LogP contribution in [-0.2, 0) is 0 Å². The van der Waals surface area contributed by atoms with Gasteiger partial charge in [0.1, 0.15) is 0 Å². The van der Waals surface area contributed by atoms with Crippen molar-refractivity contribution < 1.29 is 0 Å². The first-order chi connectivity index (χ1) is 8.34. The Labute approximate surface area is 104 Å². The van der Waals surface area contributed by atoms with Crippen molar-refractivity contribution in [3.05, 3.63) is 41.5 Å². The van der Waals surface area contributed by atoms with Gasteiger partial charge in [0, 0.05) is 12.1 Å². The van der Waals surface area contributed by atoms with E-state index < -0.39 is 0 Å². The number of hydrogen-bond acceptors (Lipinski definition) is 1. The fourth-order valence-corrected chi connectivity index (χ4v) is 2.78. The molecule has 0 aromatic heterocycles. The van der Waals surface area contributed by atoms with E-state index in [2.05, 4.69) is 42.6 Å². The van der Waals surface area contributed by atoms with Crippen LogP contribution in [0.1, 0.15) is 56.2 Å². The van der Waals surface area contributed by atoms with Gasteiger partial charge in [0.2, 0.25) is 0 Å². The smallest absolute Gasteiger partial charge is 0.0300 e. The Morgan fingerprint density at radius 3 is 2.76 bits per heavy atom. The third-order valence-electron chi connectivity index (χ3n) is 3.88. The quantitative estimate of drug-likeness (QED) is 0.817. The molecule has 1 aromatic rings. The summed E-state index contributed by atoms with van der Waals surface area (Å²) in [4.78, 5) is 0. The van der Waals surface area contributed by atoms with E-state index in [1.807, 2.05) is 0 Å². The molecule has 90 valence electrons. The van der Waals surface area contributed by atoms with Crippen molar-refractivity contribution in [1.82, 2.24) is 5.32 Å². The Balaban J connectivity index is 1.86. The number of nitrogens with one attached hydrogen (secondary N) is 1. The molecule has 0 aliphatic heterocycles. The normalized spacial score (nSPS) is 21.4. The molecule has 1 aromatic carbocycles. The maximum Gasteiger partial charge on any atom is 0.0300 e. The van der Waals surface area contributed by atoms with Crippen molar-refractivity contribution in [2.24, 2.45) is 0 Å². The average Bonchev–Trinajstić information content (AvgIpc) is 3.00. The van der Waals surface area contributed by atoms with Crippen LogP contribution in [0.4, 0.5) is 0 Å². The molecule has 3 rings (SSSR count). The van der Waals surface area contributed by atoms with Gasteiger partial charge in [0.05, 0.1) is 0 Å². The molecule has 2 aliphatic rings. The molecule has 1 saturated carbocycles. The van der Waals surface area contributed by atoms with Crippen LogP contribution in [0.5, 0.6) is 0 Å². The third-order valence-corrected chi connectivity index (χ3v) is 3.88. The molecule has 2 aliphatic carbocycles. The molecule has 0 saturated heterocycles. The SMILES string of the molecule is CC(NC1CC1)c1ccccc1C1=CCCC1. The maximum atomic E-state index is 3.71. The highest BCUT2D eigenvalue weighted by Crippen LogP contribution is 2.33. The lowest BCUT2D eigenvalue weighted by atomic mass is 9.95. The fourth-order valence-electron chi connectivity index (χ4n) is 2.78. The monoisotopic (exact) mass is 227 g/mol. The summed E-state index contributed by atoms with van der Waals surface area (Å²) in [5, 5.41) is 3.71. The summed E-state index contributed by atoms with van der Waals surface area (Å²) in [7, 11) is 0. The molecule has 17 heavy (non-hydrogen) atoms. The van der Waals surface area contributed by atoms with Crippen molar-refractivity contribution in [3.8, 4) is 0 Å². The molecule has 1 atom stereocenters. The summed E-state index contributed by atoms with van der Waals surface area (Å²) in [6.07, 6.45) is 8.97. The first kappa shape index (κ1) is 11.0. The molecule has 1 N–H and O–H groups in total. The highest BCUT2D eigenvalue weighted by atomic mass is 15.0. The van der Waals surface area contributed by atoms with E-state index in [0.717, 1.165) is 6.04 Å². The van der Waals surface area contributed by atoms with Gasteiger partial charge in [-0.2, -0.15) is 0 Å². The Hall–Kier alpha value is -1.08. The average molecular weight is 227 g/mol. The summed E-state index contributed by atoms with van der Waals surface area (Å²) < 4.78 is 0. The van der Waals surface area contributed by atoms with Crippen molar-refractivity contribution in [1.29, 1.82) is 0 Å². The summed E-state index contributed by atoms with van der Waals surface area (Å²) >= 11 is 0. The summed E-state index contributed by atoms with van der Waals surface area (Å²) in [5.41, 5.74) is 4.52. The van der Waals surface area contributed by atoms with Gasteiger partial charge in [0.15, 0.2) is 0 Å². The second kappa shape index (κ2) is 4.66. The van der Waals surface area contributed by atoms with Crippen LogP contribution < -0.4 is 5.32 Å². The Kier molecular flexibility index (Phi) is 3.02. The summed E-state index contributed by atoms with van der Waals surface area (Å²) in [6, 6.07) is 10.2. The lowest BCUT2D eigenvalue weighted by molar-refractivity contribution is 0.570. The number of rotatable bonds is 4. The number of hydrogen-bond donors (Lipinski definition) is 1. The van der Waals surface area contributed by atoms with Crippen molar-refractivity contribution in [2.45, 2.75) is 51.1 Å². The molecule has 1 fully saturated rings. The molecular formula is C16H21N. The molecule has 0 amide bonds. The van der Waals surface area contributed by atoms with Crippen molar-refractivity contribution >= 4 is 5.57 Å². The second-order valence-electron chi connectivity index (χ2n) is 5.37. The van der Waals surface area contributed by atoms with Gasteiger partial charge in [-0.3, -0.25) is 0 Å². The molecular weight excluding hydrogens is 206 g/mol. The topological polar surface area (TPSA) is 12.0 Å². The van der Waals surface area contributed by atoms with Gasteiger partial charge in [0.25, 0.3) is 0 Å². The van der Waals surface area contributed by atoms with Crippen LogP contribution in [0.3, 0.4) is 0 Å². The van der Waals surface area contributed by atoms with Gasteiger partial charge in [-0.15, -0.1) is 0 Å².